The summed E-state index contributed by atoms with van der Waals surface area (Å²) in [5.74, 6) is 1.72. The third-order valence-corrected chi connectivity index (χ3v) is 4.56. The monoisotopic (exact) mass is 299 g/mol. The van der Waals surface area contributed by atoms with E-state index in [0.29, 0.717) is 25.3 Å². The first-order chi connectivity index (χ1) is 10.9. The topological polar surface area (TPSA) is 48.3 Å². The lowest BCUT2D eigenvalue weighted by atomic mass is 10.1. The number of nitrogens with zero attached hydrogens (tertiary/aromatic N) is 2. The molecule has 1 aliphatic heterocycles. The van der Waals surface area contributed by atoms with Crippen molar-refractivity contribution in [3.63, 3.8) is 0 Å². The van der Waals surface area contributed by atoms with E-state index in [9.17, 15) is 0 Å². The number of benzene rings is 1. The summed E-state index contributed by atoms with van der Waals surface area (Å²) in [6.07, 6.45) is 9.55. The second kappa shape index (κ2) is 6.01. The van der Waals surface area contributed by atoms with Gasteiger partial charge in [-0.05, 0) is 37.0 Å². The fourth-order valence-electron chi connectivity index (χ4n) is 3.45. The van der Waals surface area contributed by atoms with Gasteiger partial charge < -0.3 is 19.4 Å². The van der Waals surface area contributed by atoms with Crippen LogP contribution in [0.25, 0.3) is 0 Å². The average Bonchev–Trinajstić information content (AvgIpc) is 3.23. The zero-order valence-electron chi connectivity index (χ0n) is 12.6. The summed E-state index contributed by atoms with van der Waals surface area (Å²) in [4.78, 5) is 4.17. The Morgan fingerprint density at radius 2 is 2.09 bits per heavy atom. The van der Waals surface area contributed by atoms with Crippen molar-refractivity contribution in [1.29, 1.82) is 0 Å². The highest BCUT2D eigenvalue weighted by Crippen LogP contribution is 2.32. The summed E-state index contributed by atoms with van der Waals surface area (Å²) in [6, 6.07) is 7.22. The molecular weight excluding hydrogens is 278 g/mol. The van der Waals surface area contributed by atoms with E-state index in [-0.39, 0.29) is 0 Å². The maximum Gasteiger partial charge on any atom is 0.161 e. The Bertz CT molecular complexity index is 627. The van der Waals surface area contributed by atoms with Crippen LogP contribution in [0.3, 0.4) is 0 Å². The van der Waals surface area contributed by atoms with Crippen molar-refractivity contribution in [2.75, 3.05) is 13.2 Å². The van der Waals surface area contributed by atoms with Crippen LogP contribution < -0.4 is 14.8 Å². The van der Waals surface area contributed by atoms with Crippen LogP contribution in [0.2, 0.25) is 0 Å². The molecule has 2 aliphatic rings. The molecule has 116 valence electrons. The molecule has 1 saturated carbocycles. The van der Waals surface area contributed by atoms with Gasteiger partial charge in [0.15, 0.2) is 11.5 Å². The molecule has 5 nitrogen and oxygen atoms in total. The van der Waals surface area contributed by atoms with Crippen LogP contribution in [0.4, 0.5) is 0 Å². The first kappa shape index (κ1) is 13.6. The van der Waals surface area contributed by atoms with Crippen molar-refractivity contribution in [1.82, 2.24) is 14.9 Å². The molecule has 0 radical (unpaired) electrons. The van der Waals surface area contributed by atoms with E-state index in [0.717, 1.165) is 18.0 Å². The number of aromatic nitrogens is 2. The van der Waals surface area contributed by atoms with Crippen molar-refractivity contribution in [3.05, 3.63) is 42.5 Å². The van der Waals surface area contributed by atoms with Gasteiger partial charge in [0.2, 0.25) is 0 Å². The van der Waals surface area contributed by atoms with Gasteiger partial charge in [0.1, 0.15) is 13.2 Å². The number of fused-ring (bicyclic) bond motifs is 1. The fraction of sp³-hybridized carbons (Fsp3) is 0.471. The van der Waals surface area contributed by atoms with E-state index in [1.165, 1.54) is 24.8 Å². The third-order valence-electron chi connectivity index (χ3n) is 4.56. The molecule has 1 N–H and O–H groups in total. The molecular formula is C17H21N3O2. The smallest absolute Gasteiger partial charge is 0.161 e. The van der Waals surface area contributed by atoms with Crippen LogP contribution in [0, 0.1) is 0 Å². The third kappa shape index (κ3) is 2.68. The Morgan fingerprint density at radius 1 is 1.18 bits per heavy atom. The van der Waals surface area contributed by atoms with Gasteiger partial charge in [-0.2, -0.15) is 0 Å². The van der Waals surface area contributed by atoms with Gasteiger partial charge in [-0.25, -0.2) is 4.98 Å². The average molecular weight is 299 g/mol. The van der Waals surface area contributed by atoms with Gasteiger partial charge >= 0.3 is 0 Å². The first-order valence-electron chi connectivity index (χ1n) is 7.99. The molecule has 0 unspecified atom stereocenters. The summed E-state index contributed by atoms with van der Waals surface area (Å²) in [5, 5.41) is 3.70. The van der Waals surface area contributed by atoms with E-state index in [4.69, 9.17) is 9.47 Å². The van der Waals surface area contributed by atoms with Crippen LogP contribution in [0.1, 0.15) is 30.9 Å². The second-order valence-corrected chi connectivity index (χ2v) is 5.97. The van der Waals surface area contributed by atoms with Gasteiger partial charge in [-0.15, -0.1) is 0 Å². The Hall–Kier alpha value is -2.01. The number of hydrogen-bond donors (Lipinski definition) is 1. The van der Waals surface area contributed by atoms with E-state index in [1.54, 1.807) is 0 Å². The molecule has 1 aliphatic carbocycles. The number of imidazole rings is 1. The van der Waals surface area contributed by atoms with Gasteiger partial charge in [-0.1, -0.05) is 6.07 Å². The van der Waals surface area contributed by atoms with Crippen LogP contribution >= 0.6 is 0 Å². The number of nitrogens with one attached hydrogen (secondary N) is 1. The lowest BCUT2D eigenvalue weighted by Crippen LogP contribution is -2.33. The Balaban J connectivity index is 1.42. The summed E-state index contributed by atoms with van der Waals surface area (Å²) in [6.45, 7) is 2.13. The minimum Gasteiger partial charge on any atom is -0.486 e. The highest BCUT2D eigenvalue weighted by Gasteiger charge is 2.27. The molecule has 2 aromatic rings. The standard InChI is InChI=1S/C17H21N3O2/c1-2-14(15(3-1)20-7-6-18-12-20)19-11-13-4-5-16-17(10-13)22-9-8-21-16/h4-7,10,12,14-15,19H,1-3,8-9,11H2/t14-,15-/m1/s1. The quantitative estimate of drug-likeness (QED) is 0.942. The molecule has 1 aromatic carbocycles. The molecule has 0 spiro atoms. The Kier molecular flexibility index (Phi) is 3.72. The minimum atomic E-state index is 0.502. The Labute approximate surface area is 130 Å². The van der Waals surface area contributed by atoms with E-state index >= 15 is 0 Å². The zero-order valence-corrected chi connectivity index (χ0v) is 12.6. The van der Waals surface area contributed by atoms with Crippen molar-refractivity contribution in [2.45, 2.75) is 37.9 Å². The van der Waals surface area contributed by atoms with E-state index in [2.05, 4.69) is 33.2 Å². The largest absolute Gasteiger partial charge is 0.486 e. The number of ether oxygens (including phenoxy) is 2. The summed E-state index contributed by atoms with van der Waals surface area (Å²) < 4.78 is 13.4. The van der Waals surface area contributed by atoms with Gasteiger partial charge in [0.05, 0.1) is 6.33 Å². The number of hydrogen-bond acceptors (Lipinski definition) is 4. The lowest BCUT2D eigenvalue weighted by molar-refractivity contribution is 0.171. The van der Waals surface area contributed by atoms with E-state index in [1.807, 2.05) is 18.6 Å². The summed E-state index contributed by atoms with van der Waals surface area (Å²) >= 11 is 0. The van der Waals surface area contributed by atoms with Gasteiger partial charge in [-0.3, -0.25) is 0 Å². The molecule has 1 fully saturated rings. The number of rotatable bonds is 4. The van der Waals surface area contributed by atoms with E-state index < -0.39 is 0 Å². The molecule has 0 amide bonds. The highest BCUT2D eigenvalue weighted by molar-refractivity contribution is 5.43. The second-order valence-electron chi connectivity index (χ2n) is 5.97. The van der Waals surface area contributed by atoms with Crippen LogP contribution in [0.15, 0.2) is 36.9 Å². The molecule has 0 saturated heterocycles. The minimum absolute atomic E-state index is 0.502. The maximum absolute atomic E-state index is 5.65. The predicted octanol–water partition coefficient (Wildman–Crippen LogP) is 2.54. The molecule has 2 heterocycles. The van der Waals surface area contributed by atoms with Crippen molar-refractivity contribution >= 4 is 0 Å². The highest BCUT2D eigenvalue weighted by atomic mass is 16.6. The van der Waals surface area contributed by atoms with Crippen LogP contribution in [-0.4, -0.2) is 28.8 Å². The van der Waals surface area contributed by atoms with Crippen molar-refractivity contribution < 1.29 is 9.47 Å². The van der Waals surface area contributed by atoms with Crippen LogP contribution in [0.5, 0.6) is 11.5 Å². The van der Waals surface area contributed by atoms with Crippen molar-refractivity contribution in [3.8, 4) is 11.5 Å². The SMILES string of the molecule is c1cn([C@@H]2CCC[C@H]2NCc2ccc3c(c2)OCCO3)cn1. The molecule has 22 heavy (non-hydrogen) atoms. The summed E-state index contributed by atoms with van der Waals surface area (Å²) in [5.41, 5.74) is 1.24. The van der Waals surface area contributed by atoms with Gasteiger partial charge in [0, 0.05) is 31.0 Å². The van der Waals surface area contributed by atoms with Gasteiger partial charge in [0.25, 0.3) is 0 Å². The van der Waals surface area contributed by atoms with Crippen LogP contribution in [-0.2, 0) is 6.54 Å². The zero-order chi connectivity index (χ0) is 14.8. The molecule has 5 heteroatoms. The molecule has 0 bridgehead atoms. The lowest BCUT2D eigenvalue weighted by Gasteiger charge is -2.23. The fourth-order valence-corrected chi connectivity index (χ4v) is 3.45. The molecule has 1 aromatic heterocycles. The first-order valence-corrected chi connectivity index (χ1v) is 7.99. The predicted molar refractivity (Wildman–Crippen MR) is 83.2 cm³/mol. The maximum atomic E-state index is 5.65. The molecule has 4 rings (SSSR count). The molecule has 2 atom stereocenters. The summed E-state index contributed by atoms with van der Waals surface area (Å²) in [7, 11) is 0. The Morgan fingerprint density at radius 3 is 2.95 bits per heavy atom. The van der Waals surface area contributed by atoms with Crippen molar-refractivity contribution in [2.24, 2.45) is 0 Å². The normalized spacial score (nSPS) is 23.6.